The highest BCUT2D eigenvalue weighted by Gasteiger charge is 2.27. The van der Waals surface area contributed by atoms with E-state index in [0.717, 1.165) is 24.3 Å². The summed E-state index contributed by atoms with van der Waals surface area (Å²) in [4.78, 5) is 22.1. The molecule has 158 valence electrons. The lowest BCUT2D eigenvalue weighted by molar-refractivity contribution is -0.0663. The number of aryl methyl sites for hydroxylation is 1. The van der Waals surface area contributed by atoms with Crippen molar-refractivity contribution in [2.24, 2.45) is 0 Å². The van der Waals surface area contributed by atoms with E-state index < -0.39 is 0 Å². The molecule has 0 aliphatic carbocycles. The van der Waals surface area contributed by atoms with E-state index in [4.69, 9.17) is 4.74 Å². The Morgan fingerprint density at radius 2 is 1.87 bits per heavy atom. The third-order valence-corrected chi connectivity index (χ3v) is 5.61. The summed E-state index contributed by atoms with van der Waals surface area (Å²) in [5.74, 6) is 0.311. The molecule has 1 aliphatic heterocycles. The number of nitrogens with zero attached hydrogens (tertiary/aromatic N) is 3. The molecule has 0 unspecified atom stereocenters. The van der Waals surface area contributed by atoms with Crippen molar-refractivity contribution >= 4 is 5.52 Å². The van der Waals surface area contributed by atoms with Crippen molar-refractivity contribution in [2.45, 2.75) is 26.2 Å². The average Bonchev–Trinajstić information content (AvgIpc) is 3.16. The number of benzene rings is 2. The van der Waals surface area contributed by atoms with Crippen molar-refractivity contribution in [1.29, 1.82) is 0 Å². The van der Waals surface area contributed by atoms with Gasteiger partial charge in [0.2, 0.25) is 0 Å². The van der Waals surface area contributed by atoms with Gasteiger partial charge in [0.1, 0.15) is 17.2 Å². The summed E-state index contributed by atoms with van der Waals surface area (Å²) < 4.78 is 21.0. The van der Waals surface area contributed by atoms with Crippen molar-refractivity contribution in [3.63, 3.8) is 0 Å². The van der Waals surface area contributed by atoms with Crippen LogP contribution in [0, 0.1) is 12.7 Å². The Balaban J connectivity index is 1.25. The summed E-state index contributed by atoms with van der Waals surface area (Å²) in [6.07, 6.45) is 3.63. The number of imidazole rings is 1. The second-order valence-electron chi connectivity index (χ2n) is 8.07. The van der Waals surface area contributed by atoms with E-state index in [1.54, 1.807) is 22.7 Å². The molecule has 0 saturated carbocycles. The number of aromatic nitrogens is 3. The van der Waals surface area contributed by atoms with E-state index in [-0.39, 0.29) is 17.5 Å². The van der Waals surface area contributed by atoms with Crippen LogP contribution in [0.25, 0.3) is 16.9 Å². The van der Waals surface area contributed by atoms with Gasteiger partial charge in [-0.1, -0.05) is 29.8 Å². The smallest absolute Gasteiger partial charge is 0.274 e. The van der Waals surface area contributed by atoms with Crippen molar-refractivity contribution in [3.8, 4) is 11.4 Å². The van der Waals surface area contributed by atoms with Gasteiger partial charge in [0.25, 0.3) is 5.56 Å². The largest absolute Gasteiger partial charge is 0.371 e. The average molecular weight is 418 g/mol. The molecule has 5 rings (SSSR count). The lowest BCUT2D eigenvalue weighted by Gasteiger charge is -2.38. The molecule has 2 aromatic carbocycles. The van der Waals surface area contributed by atoms with Crippen LogP contribution in [0.2, 0.25) is 0 Å². The minimum absolute atomic E-state index is 0.189. The first-order chi connectivity index (χ1) is 15.0. The van der Waals surface area contributed by atoms with E-state index in [1.165, 1.54) is 23.3 Å². The highest BCUT2D eigenvalue weighted by Crippen LogP contribution is 2.20. The van der Waals surface area contributed by atoms with Gasteiger partial charge in [-0.2, -0.15) is 0 Å². The van der Waals surface area contributed by atoms with Crippen LogP contribution in [-0.4, -0.2) is 38.5 Å². The fourth-order valence-electron chi connectivity index (χ4n) is 3.85. The summed E-state index contributed by atoms with van der Waals surface area (Å²) in [6.45, 7) is 4.94. The van der Waals surface area contributed by atoms with Crippen molar-refractivity contribution in [3.05, 3.63) is 93.9 Å². The Kier molecular flexibility index (Phi) is 5.13. The van der Waals surface area contributed by atoms with Gasteiger partial charge in [-0.15, -0.1) is 0 Å². The molecule has 4 aromatic rings. The van der Waals surface area contributed by atoms with Crippen molar-refractivity contribution in [2.75, 3.05) is 13.1 Å². The molecule has 0 bridgehead atoms. The first kappa shape index (κ1) is 19.7. The monoisotopic (exact) mass is 418 g/mol. The second kappa shape index (κ2) is 8.09. The minimum atomic E-state index is -0.305. The number of H-pyrrole nitrogens is 1. The molecule has 6 nitrogen and oxygen atoms in total. The maximum absolute atomic E-state index is 13.3. The molecule has 1 fully saturated rings. The van der Waals surface area contributed by atoms with Crippen LogP contribution in [0.4, 0.5) is 4.39 Å². The Labute approximate surface area is 178 Å². The van der Waals surface area contributed by atoms with Gasteiger partial charge in [0, 0.05) is 37.1 Å². The molecule has 0 atom stereocenters. The molecule has 0 amide bonds. The van der Waals surface area contributed by atoms with Crippen molar-refractivity contribution in [1.82, 2.24) is 19.3 Å². The summed E-state index contributed by atoms with van der Waals surface area (Å²) in [5, 5.41) is 0. The highest BCUT2D eigenvalue weighted by molar-refractivity contribution is 5.61. The van der Waals surface area contributed by atoms with Gasteiger partial charge in [-0.05, 0) is 36.8 Å². The van der Waals surface area contributed by atoms with E-state index in [0.29, 0.717) is 24.5 Å². The highest BCUT2D eigenvalue weighted by atomic mass is 19.1. The van der Waals surface area contributed by atoms with Crippen LogP contribution in [0.15, 0.2) is 65.7 Å². The standard InChI is InChI=1S/C24H23FN4O2/c1-16-2-4-17(5-3-16)15-31-21-13-28(14-21)11-20-12-29-22(24(30)27-20)10-26-23(29)18-6-8-19(25)9-7-18/h2-10,12,21H,11,13-15H2,1H3,(H,27,30). The zero-order valence-corrected chi connectivity index (χ0v) is 17.2. The molecule has 0 radical (unpaired) electrons. The van der Waals surface area contributed by atoms with Gasteiger partial charge in [0.05, 0.1) is 18.9 Å². The van der Waals surface area contributed by atoms with E-state index in [2.05, 4.69) is 46.1 Å². The molecule has 31 heavy (non-hydrogen) atoms. The summed E-state index contributed by atoms with van der Waals surface area (Å²) in [6, 6.07) is 14.5. The zero-order chi connectivity index (χ0) is 21.4. The number of fused-ring (bicyclic) bond motifs is 1. The molecule has 0 spiro atoms. The number of aromatic amines is 1. The van der Waals surface area contributed by atoms with E-state index in [9.17, 15) is 9.18 Å². The van der Waals surface area contributed by atoms with Crippen LogP contribution >= 0.6 is 0 Å². The lowest BCUT2D eigenvalue weighted by Crippen LogP contribution is -2.51. The Hall–Kier alpha value is -3.29. The third-order valence-electron chi connectivity index (χ3n) is 5.61. The number of nitrogens with one attached hydrogen (secondary N) is 1. The normalized spacial score (nSPS) is 14.8. The molecular formula is C24H23FN4O2. The second-order valence-corrected chi connectivity index (χ2v) is 8.07. The fraction of sp³-hybridized carbons (Fsp3) is 0.250. The Morgan fingerprint density at radius 3 is 2.61 bits per heavy atom. The molecule has 1 aliphatic rings. The van der Waals surface area contributed by atoms with Crippen molar-refractivity contribution < 1.29 is 9.13 Å². The van der Waals surface area contributed by atoms with Crippen LogP contribution in [-0.2, 0) is 17.9 Å². The van der Waals surface area contributed by atoms with Gasteiger partial charge in [-0.25, -0.2) is 9.37 Å². The number of halogens is 1. The summed E-state index contributed by atoms with van der Waals surface area (Å²) in [7, 11) is 0. The number of rotatable bonds is 6. The zero-order valence-electron chi connectivity index (χ0n) is 17.2. The Bertz CT molecular complexity index is 1260. The van der Waals surface area contributed by atoms with Crippen LogP contribution in [0.1, 0.15) is 16.8 Å². The van der Waals surface area contributed by atoms with E-state index in [1.807, 2.05) is 6.20 Å². The number of hydrogen-bond donors (Lipinski definition) is 1. The van der Waals surface area contributed by atoms with Crippen LogP contribution < -0.4 is 5.56 Å². The summed E-state index contributed by atoms with van der Waals surface area (Å²) in [5.41, 5.74) is 4.25. The maximum Gasteiger partial charge on any atom is 0.274 e. The number of ether oxygens (including phenoxy) is 1. The van der Waals surface area contributed by atoms with Gasteiger partial charge < -0.3 is 9.72 Å². The molecule has 2 aromatic heterocycles. The SMILES string of the molecule is Cc1ccc(COC2CN(Cc3cn4c(-c5ccc(F)cc5)ncc4c(=O)[nH]3)C2)cc1. The molecule has 1 N–H and O–H groups in total. The molecule has 7 heteroatoms. The quantitative estimate of drug-likeness (QED) is 0.520. The number of hydrogen-bond acceptors (Lipinski definition) is 4. The maximum atomic E-state index is 13.3. The predicted molar refractivity (Wildman–Crippen MR) is 116 cm³/mol. The molecule has 3 heterocycles. The predicted octanol–water partition coefficient (Wildman–Crippen LogP) is 3.54. The Morgan fingerprint density at radius 1 is 1.13 bits per heavy atom. The van der Waals surface area contributed by atoms with Gasteiger partial charge in [0.15, 0.2) is 0 Å². The first-order valence-corrected chi connectivity index (χ1v) is 10.3. The molecular weight excluding hydrogens is 395 g/mol. The van der Waals surface area contributed by atoms with Gasteiger partial charge in [-0.3, -0.25) is 14.1 Å². The minimum Gasteiger partial charge on any atom is -0.371 e. The summed E-state index contributed by atoms with van der Waals surface area (Å²) >= 11 is 0. The topological polar surface area (TPSA) is 62.6 Å². The van der Waals surface area contributed by atoms with Crippen LogP contribution in [0.3, 0.4) is 0 Å². The molecule has 1 saturated heterocycles. The number of likely N-dealkylation sites (tertiary alicyclic amines) is 1. The third kappa shape index (κ3) is 4.15. The fourth-order valence-corrected chi connectivity index (χ4v) is 3.85. The van der Waals surface area contributed by atoms with Crippen LogP contribution in [0.5, 0.6) is 0 Å². The van der Waals surface area contributed by atoms with Gasteiger partial charge >= 0.3 is 0 Å². The first-order valence-electron chi connectivity index (χ1n) is 10.3. The van der Waals surface area contributed by atoms with E-state index >= 15 is 0 Å². The lowest BCUT2D eigenvalue weighted by atomic mass is 10.1.